The van der Waals surface area contributed by atoms with E-state index in [9.17, 15) is 4.79 Å². The molecule has 1 unspecified atom stereocenters. The lowest BCUT2D eigenvalue weighted by Gasteiger charge is -2.16. The number of benzene rings is 3. The molecule has 0 saturated carbocycles. The van der Waals surface area contributed by atoms with E-state index in [1.54, 1.807) is 37.4 Å². The number of nitrogens with one attached hydrogen (secondary N) is 1. The molecule has 5 rings (SSSR count). The highest BCUT2D eigenvalue weighted by atomic mass is 32.1. The topological polar surface area (TPSA) is 109 Å². The van der Waals surface area contributed by atoms with Crippen molar-refractivity contribution in [3.8, 4) is 40.2 Å². The summed E-state index contributed by atoms with van der Waals surface area (Å²) in [6, 6.07) is 21.9. The molecule has 1 N–H and O–H groups in total. The first-order valence-corrected chi connectivity index (χ1v) is 13.1. The second-order valence-corrected chi connectivity index (χ2v) is 9.59. The quantitative estimate of drug-likeness (QED) is 0.210. The fourth-order valence-corrected chi connectivity index (χ4v) is 4.43. The number of hydrogen-bond acceptors (Lipinski definition) is 9. The Kier molecular flexibility index (Phi) is 7.95. The molecule has 0 spiro atoms. The van der Waals surface area contributed by atoms with Crippen LogP contribution in [-0.2, 0) is 4.74 Å². The molecule has 2 aromatic heterocycles. The van der Waals surface area contributed by atoms with Crippen molar-refractivity contribution in [1.29, 1.82) is 0 Å². The molecule has 0 aliphatic heterocycles. The van der Waals surface area contributed by atoms with Gasteiger partial charge in [-0.25, -0.2) is 4.98 Å². The van der Waals surface area contributed by atoms with Crippen molar-refractivity contribution in [2.45, 2.75) is 20.0 Å². The molecule has 0 fully saturated rings. The van der Waals surface area contributed by atoms with E-state index in [0.717, 1.165) is 16.8 Å². The highest BCUT2D eigenvalue weighted by Gasteiger charge is 2.15. The molecule has 5 aromatic rings. The van der Waals surface area contributed by atoms with Gasteiger partial charge in [0.2, 0.25) is 11.8 Å². The number of amides is 1. The number of carbonyl (C=O) groups excluding carboxylic acids is 1. The molecule has 39 heavy (non-hydrogen) atoms. The zero-order chi connectivity index (χ0) is 27.2. The van der Waals surface area contributed by atoms with Gasteiger partial charge in [0.15, 0.2) is 5.13 Å². The van der Waals surface area contributed by atoms with E-state index in [1.165, 1.54) is 11.3 Å². The molecule has 0 radical (unpaired) electrons. The van der Waals surface area contributed by atoms with Crippen molar-refractivity contribution in [2.24, 2.45) is 0 Å². The summed E-state index contributed by atoms with van der Waals surface area (Å²) >= 11 is 1.36. The van der Waals surface area contributed by atoms with Crippen molar-refractivity contribution < 1.29 is 23.4 Å². The van der Waals surface area contributed by atoms with Crippen LogP contribution < -0.4 is 14.8 Å². The average Bonchev–Trinajstić information content (AvgIpc) is 3.59. The van der Waals surface area contributed by atoms with Gasteiger partial charge >= 0.3 is 0 Å². The number of rotatable bonds is 10. The van der Waals surface area contributed by atoms with Gasteiger partial charge < -0.3 is 18.6 Å². The van der Waals surface area contributed by atoms with Crippen molar-refractivity contribution in [1.82, 2.24) is 15.2 Å². The molecule has 0 aliphatic rings. The minimum Gasteiger partial charge on any atom is -0.488 e. The van der Waals surface area contributed by atoms with Gasteiger partial charge in [-0.1, -0.05) is 18.2 Å². The Balaban J connectivity index is 1.35. The number of aromatic nitrogens is 3. The third-order valence-corrected chi connectivity index (χ3v) is 6.38. The van der Waals surface area contributed by atoms with Gasteiger partial charge in [0.05, 0.1) is 12.3 Å². The minimum atomic E-state index is -0.319. The highest BCUT2D eigenvalue weighted by molar-refractivity contribution is 7.13. The normalized spacial score (nSPS) is 11.7. The Hall–Kier alpha value is -4.54. The molecule has 0 saturated heterocycles. The Morgan fingerprint density at radius 1 is 0.949 bits per heavy atom. The van der Waals surface area contributed by atoms with E-state index in [4.69, 9.17) is 18.6 Å². The lowest BCUT2D eigenvalue weighted by molar-refractivity contribution is 0.0916. The zero-order valence-corrected chi connectivity index (χ0v) is 22.4. The molecule has 9 nitrogen and oxygen atoms in total. The van der Waals surface area contributed by atoms with Crippen molar-refractivity contribution in [2.75, 3.05) is 19.0 Å². The summed E-state index contributed by atoms with van der Waals surface area (Å²) in [6.45, 7) is 4.15. The summed E-state index contributed by atoms with van der Waals surface area (Å²) in [6.07, 6.45) is -0.225. The van der Waals surface area contributed by atoms with Gasteiger partial charge in [0, 0.05) is 35.2 Å². The third-order valence-electron chi connectivity index (χ3n) is 5.50. The Bertz CT molecular complexity index is 1550. The number of aryl methyl sites for hydroxylation is 1. The number of carbonyl (C=O) groups is 1. The van der Waals surface area contributed by atoms with E-state index in [-0.39, 0.29) is 12.0 Å². The molecule has 0 bridgehead atoms. The maximum absolute atomic E-state index is 13.0. The Morgan fingerprint density at radius 3 is 2.31 bits per heavy atom. The van der Waals surface area contributed by atoms with E-state index in [0.29, 0.717) is 46.3 Å². The maximum atomic E-state index is 13.0. The van der Waals surface area contributed by atoms with Crippen LogP contribution in [-0.4, -0.2) is 40.9 Å². The number of thiazole rings is 1. The second-order valence-electron chi connectivity index (χ2n) is 8.73. The Labute approximate surface area is 229 Å². The predicted octanol–water partition coefficient (Wildman–Crippen LogP) is 6.63. The first-order chi connectivity index (χ1) is 19.0. The second kappa shape index (κ2) is 11.9. The number of hydrogen-bond donors (Lipinski definition) is 1. The van der Waals surface area contributed by atoms with Gasteiger partial charge in [-0.05, 0) is 62.4 Å². The molecular formula is C29H26N4O5S. The molecule has 0 aliphatic carbocycles. The smallest absolute Gasteiger partial charge is 0.257 e. The Morgan fingerprint density at radius 2 is 1.64 bits per heavy atom. The van der Waals surface area contributed by atoms with Gasteiger partial charge in [-0.15, -0.1) is 21.5 Å². The standard InChI is InChI=1S/C29H26N4O5S/c1-18-17-39-29(30-18)31-26(34)22-13-24(36-19(2)16-35-3)15-25(14-22)37-23-11-9-21(10-12-23)28-33-32-27(38-28)20-7-5-4-6-8-20/h4-15,17,19H,16H2,1-3H3,(H,30,31,34). The van der Waals surface area contributed by atoms with E-state index in [1.807, 2.05) is 61.7 Å². The van der Waals surface area contributed by atoms with E-state index >= 15 is 0 Å². The van der Waals surface area contributed by atoms with Crippen LogP contribution in [0.4, 0.5) is 5.13 Å². The summed E-state index contributed by atoms with van der Waals surface area (Å²) in [5, 5.41) is 13.5. The summed E-state index contributed by atoms with van der Waals surface area (Å²) in [7, 11) is 1.61. The van der Waals surface area contributed by atoms with Crippen LogP contribution in [0.25, 0.3) is 22.9 Å². The van der Waals surface area contributed by atoms with Crippen molar-refractivity contribution in [3.05, 3.63) is 89.4 Å². The highest BCUT2D eigenvalue weighted by Crippen LogP contribution is 2.31. The number of anilines is 1. The fourth-order valence-electron chi connectivity index (χ4n) is 3.75. The molecular weight excluding hydrogens is 516 g/mol. The summed E-state index contributed by atoms with van der Waals surface area (Å²) < 4.78 is 23.1. The molecule has 1 atom stereocenters. The number of nitrogens with zero attached hydrogens (tertiary/aromatic N) is 3. The third kappa shape index (κ3) is 6.67. The molecule has 1 amide bonds. The van der Waals surface area contributed by atoms with Crippen LogP contribution in [0.15, 0.2) is 82.6 Å². The van der Waals surface area contributed by atoms with Gasteiger partial charge in [0.1, 0.15) is 23.4 Å². The first-order valence-electron chi connectivity index (χ1n) is 12.2. The lowest BCUT2D eigenvalue weighted by atomic mass is 10.1. The van der Waals surface area contributed by atoms with Gasteiger partial charge in [-0.2, -0.15) is 0 Å². The monoisotopic (exact) mass is 542 g/mol. The van der Waals surface area contributed by atoms with Crippen LogP contribution in [0.5, 0.6) is 17.2 Å². The van der Waals surface area contributed by atoms with Crippen LogP contribution in [0.3, 0.4) is 0 Å². The van der Waals surface area contributed by atoms with Crippen molar-refractivity contribution in [3.63, 3.8) is 0 Å². The fraction of sp³-hybridized carbons (Fsp3) is 0.172. The van der Waals surface area contributed by atoms with Crippen LogP contribution in [0, 0.1) is 6.92 Å². The summed E-state index contributed by atoms with van der Waals surface area (Å²) in [5.74, 6) is 2.01. The van der Waals surface area contributed by atoms with E-state index < -0.39 is 0 Å². The predicted molar refractivity (Wildman–Crippen MR) is 148 cm³/mol. The number of methoxy groups -OCH3 is 1. The largest absolute Gasteiger partial charge is 0.488 e. The van der Waals surface area contributed by atoms with Crippen LogP contribution in [0.1, 0.15) is 23.0 Å². The van der Waals surface area contributed by atoms with Crippen molar-refractivity contribution >= 4 is 22.4 Å². The molecule has 2 heterocycles. The first kappa shape index (κ1) is 26.1. The average molecular weight is 543 g/mol. The summed E-state index contributed by atoms with van der Waals surface area (Å²) in [4.78, 5) is 17.3. The molecule has 3 aromatic carbocycles. The van der Waals surface area contributed by atoms with Gasteiger partial charge in [-0.3, -0.25) is 10.1 Å². The van der Waals surface area contributed by atoms with Gasteiger partial charge in [0.25, 0.3) is 5.91 Å². The molecule has 10 heteroatoms. The lowest BCUT2D eigenvalue weighted by Crippen LogP contribution is -2.18. The number of ether oxygens (including phenoxy) is 3. The minimum absolute atomic E-state index is 0.225. The SMILES string of the molecule is COCC(C)Oc1cc(Oc2ccc(-c3nnc(-c4ccccc4)o3)cc2)cc(C(=O)Nc2nc(C)cs2)c1. The zero-order valence-electron chi connectivity index (χ0n) is 21.6. The maximum Gasteiger partial charge on any atom is 0.257 e. The van der Waals surface area contributed by atoms with Crippen LogP contribution >= 0.6 is 11.3 Å². The summed E-state index contributed by atoms with van der Waals surface area (Å²) in [5.41, 5.74) is 2.81. The van der Waals surface area contributed by atoms with E-state index in [2.05, 4.69) is 20.5 Å². The molecule has 198 valence electrons. The van der Waals surface area contributed by atoms with Crippen LogP contribution in [0.2, 0.25) is 0 Å².